The maximum absolute atomic E-state index is 11.7. The largest absolute Gasteiger partial charge is 0.398 e. The highest BCUT2D eigenvalue weighted by atomic mass is 79.9. The summed E-state index contributed by atoms with van der Waals surface area (Å²) >= 11 is 5.03. The Balaban J connectivity index is 2.41. The van der Waals surface area contributed by atoms with E-state index in [1.54, 1.807) is 30.0 Å². The molecular weight excluding hydrogens is 300 g/mol. The number of nitrogens with two attached hydrogens (primary N) is 1. The summed E-state index contributed by atoms with van der Waals surface area (Å²) in [7, 11) is 0. The molecule has 0 fully saturated rings. The molecule has 17 heavy (non-hydrogen) atoms. The molecule has 0 heterocycles. The third-order valence-electron chi connectivity index (χ3n) is 2.03. The number of benzene rings is 1. The molecule has 92 valence electrons. The van der Waals surface area contributed by atoms with Crippen LogP contribution in [0.25, 0.3) is 0 Å². The molecule has 0 aliphatic rings. The number of hydrogen-bond donors (Lipinski definition) is 2. The molecule has 5 heteroatoms. The Morgan fingerprint density at radius 1 is 1.59 bits per heavy atom. The van der Waals surface area contributed by atoms with Gasteiger partial charge >= 0.3 is 0 Å². The summed E-state index contributed by atoms with van der Waals surface area (Å²) in [5.74, 6) is 1.71. The highest BCUT2D eigenvalue weighted by Crippen LogP contribution is 2.20. The molecule has 0 aliphatic heterocycles. The van der Waals surface area contributed by atoms with Gasteiger partial charge in [-0.25, -0.2) is 0 Å². The van der Waals surface area contributed by atoms with E-state index in [1.807, 2.05) is 6.08 Å². The molecule has 0 unspecified atom stereocenters. The van der Waals surface area contributed by atoms with Crippen molar-refractivity contribution in [3.05, 3.63) is 40.9 Å². The molecule has 0 saturated heterocycles. The standard InChI is InChI=1S/C12H15BrN2OS/c1-2-6-17-7-5-15-12(16)9-3-4-11(14)10(13)8-9/h2-4,8H,1,5-7,14H2,(H,15,16). The number of thioether (sulfide) groups is 1. The number of nitrogen functional groups attached to an aromatic ring is 1. The van der Waals surface area contributed by atoms with Gasteiger partial charge in [0.05, 0.1) is 0 Å². The molecule has 3 nitrogen and oxygen atoms in total. The minimum atomic E-state index is -0.0788. The zero-order chi connectivity index (χ0) is 12.7. The first-order valence-electron chi connectivity index (χ1n) is 5.17. The van der Waals surface area contributed by atoms with Gasteiger partial charge in [0.25, 0.3) is 5.91 Å². The number of amides is 1. The third kappa shape index (κ3) is 4.83. The van der Waals surface area contributed by atoms with Crippen molar-refractivity contribution in [2.24, 2.45) is 0 Å². The number of rotatable bonds is 6. The van der Waals surface area contributed by atoms with Crippen LogP contribution in [-0.2, 0) is 0 Å². The predicted molar refractivity (Wildman–Crippen MR) is 78.4 cm³/mol. The maximum Gasteiger partial charge on any atom is 0.251 e. The first kappa shape index (κ1) is 14.1. The Kier molecular flexibility index (Phi) is 6.15. The Hall–Kier alpha value is -0.940. The topological polar surface area (TPSA) is 55.1 Å². The summed E-state index contributed by atoms with van der Waals surface area (Å²) in [6, 6.07) is 5.15. The molecule has 0 bridgehead atoms. The minimum Gasteiger partial charge on any atom is -0.398 e. The molecule has 0 spiro atoms. The summed E-state index contributed by atoms with van der Waals surface area (Å²) in [6.45, 7) is 4.29. The first-order chi connectivity index (χ1) is 8.15. The SMILES string of the molecule is C=CCSCCNC(=O)c1ccc(N)c(Br)c1. The van der Waals surface area contributed by atoms with Crippen molar-refractivity contribution >= 4 is 39.3 Å². The van der Waals surface area contributed by atoms with Gasteiger partial charge in [0.15, 0.2) is 0 Å². The van der Waals surface area contributed by atoms with Crippen LogP contribution < -0.4 is 11.1 Å². The van der Waals surface area contributed by atoms with E-state index in [1.165, 1.54) is 0 Å². The summed E-state index contributed by atoms with van der Waals surface area (Å²) in [5.41, 5.74) is 6.89. The van der Waals surface area contributed by atoms with E-state index in [2.05, 4.69) is 27.8 Å². The van der Waals surface area contributed by atoms with Gasteiger partial charge in [0.2, 0.25) is 0 Å². The lowest BCUT2D eigenvalue weighted by molar-refractivity contribution is 0.0956. The van der Waals surface area contributed by atoms with Gasteiger partial charge < -0.3 is 11.1 Å². The normalized spacial score (nSPS) is 9.94. The average molecular weight is 315 g/mol. The summed E-state index contributed by atoms with van der Waals surface area (Å²) in [4.78, 5) is 11.7. The van der Waals surface area contributed by atoms with Gasteiger partial charge in [-0.05, 0) is 34.1 Å². The van der Waals surface area contributed by atoms with E-state index >= 15 is 0 Å². The molecule has 0 radical (unpaired) electrons. The summed E-state index contributed by atoms with van der Waals surface area (Å²) < 4.78 is 0.742. The van der Waals surface area contributed by atoms with Crippen molar-refractivity contribution in [2.45, 2.75) is 0 Å². The van der Waals surface area contributed by atoms with Crippen LogP contribution in [0.1, 0.15) is 10.4 Å². The van der Waals surface area contributed by atoms with Crippen LogP contribution >= 0.6 is 27.7 Å². The highest BCUT2D eigenvalue weighted by Gasteiger charge is 2.06. The second-order valence-corrected chi connectivity index (χ2v) is 5.36. The number of carbonyl (C=O) groups excluding carboxylic acids is 1. The van der Waals surface area contributed by atoms with Crippen LogP contribution in [0.4, 0.5) is 5.69 Å². The van der Waals surface area contributed by atoms with Crippen molar-refractivity contribution < 1.29 is 4.79 Å². The van der Waals surface area contributed by atoms with Crippen molar-refractivity contribution in [3.8, 4) is 0 Å². The molecule has 1 aromatic carbocycles. The number of nitrogens with one attached hydrogen (secondary N) is 1. The molecule has 3 N–H and O–H groups in total. The van der Waals surface area contributed by atoms with Crippen molar-refractivity contribution in [1.29, 1.82) is 0 Å². The Bertz CT molecular complexity index is 409. The zero-order valence-electron chi connectivity index (χ0n) is 9.41. The predicted octanol–water partition coefficient (Wildman–Crippen LogP) is 2.68. The van der Waals surface area contributed by atoms with E-state index in [9.17, 15) is 4.79 Å². The zero-order valence-corrected chi connectivity index (χ0v) is 11.8. The second-order valence-electron chi connectivity index (χ2n) is 3.36. The van der Waals surface area contributed by atoms with Crippen molar-refractivity contribution in [1.82, 2.24) is 5.32 Å². The van der Waals surface area contributed by atoms with Gasteiger partial charge in [-0.1, -0.05) is 6.08 Å². The van der Waals surface area contributed by atoms with E-state index in [-0.39, 0.29) is 5.91 Å². The Labute approximate surface area is 114 Å². The Morgan fingerprint density at radius 2 is 2.35 bits per heavy atom. The molecule has 1 amide bonds. The van der Waals surface area contributed by atoms with Gasteiger partial charge in [0, 0.05) is 33.8 Å². The van der Waals surface area contributed by atoms with Gasteiger partial charge in [-0.15, -0.1) is 6.58 Å². The molecule has 0 atom stereocenters. The smallest absolute Gasteiger partial charge is 0.251 e. The third-order valence-corrected chi connectivity index (χ3v) is 3.68. The molecule has 1 aromatic rings. The average Bonchev–Trinajstić information content (AvgIpc) is 2.32. The number of halogens is 1. The van der Waals surface area contributed by atoms with E-state index in [0.29, 0.717) is 17.8 Å². The fourth-order valence-electron chi connectivity index (χ4n) is 1.17. The van der Waals surface area contributed by atoms with Crippen LogP contribution in [0.5, 0.6) is 0 Å². The van der Waals surface area contributed by atoms with E-state index in [4.69, 9.17) is 5.73 Å². The fourth-order valence-corrected chi connectivity index (χ4v) is 2.13. The lowest BCUT2D eigenvalue weighted by Crippen LogP contribution is -2.25. The minimum absolute atomic E-state index is 0.0788. The molecule has 0 saturated carbocycles. The molecule has 1 rings (SSSR count). The fraction of sp³-hybridized carbons (Fsp3) is 0.250. The number of anilines is 1. The van der Waals surface area contributed by atoms with Crippen LogP contribution in [0, 0.1) is 0 Å². The van der Waals surface area contributed by atoms with Crippen molar-refractivity contribution in [2.75, 3.05) is 23.8 Å². The van der Waals surface area contributed by atoms with Gasteiger partial charge in [-0.2, -0.15) is 11.8 Å². The summed E-state index contributed by atoms with van der Waals surface area (Å²) in [6.07, 6.45) is 1.85. The lowest BCUT2D eigenvalue weighted by Gasteiger charge is -2.06. The van der Waals surface area contributed by atoms with Crippen LogP contribution in [-0.4, -0.2) is 24.0 Å². The first-order valence-corrected chi connectivity index (χ1v) is 7.11. The number of hydrogen-bond acceptors (Lipinski definition) is 3. The van der Waals surface area contributed by atoms with E-state index < -0.39 is 0 Å². The Morgan fingerprint density at radius 3 is 3.00 bits per heavy atom. The van der Waals surface area contributed by atoms with E-state index in [0.717, 1.165) is 16.0 Å². The highest BCUT2D eigenvalue weighted by molar-refractivity contribution is 9.10. The van der Waals surface area contributed by atoms with Crippen LogP contribution in [0.15, 0.2) is 35.3 Å². The van der Waals surface area contributed by atoms with Crippen LogP contribution in [0.3, 0.4) is 0 Å². The summed E-state index contributed by atoms with van der Waals surface area (Å²) in [5, 5.41) is 2.85. The van der Waals surface area contributed by atoms with Gasteiger partial charge in [0.1, 0.15) is 0 Å². The molecular formula is C12H15BrN2OS. The maximum atomic E-state index is 11.7. The lowest BCUT2D eigenvalue weighted by atomic mass is 10.2. The molecule has 0 aromatic heterocycles. The monoisotopic (exact) mass is 314 g/mol. The number of carbonyl (C=O) groups is 1. The van der Waals surface area contributed by atoms with Crippen LogP contribution in [0.2, 0.25) is 0 Å². The second kappa shape index (κ2) is 7.40. The van der Waals surface area contributed by atoms with Gasteiger partial charge in [-0.3, -0.25) is 4.79 Å². The molecule has 0 aliphatic carbocycles. The van der Waals surface area contributed by atoms with Crippen molar-refractivity contribution in [3.63, 3.8) is 0 Å². The quantitative estimate of drug-likeness (QED) is 0.482.